The summed E-state index contributed by atoms with van der Waals surface area (Å²) < 4.78 is 5.41. The highest BCUT2D eigenvalue weighted by Gasteiger charge is 2.26. The Bertz CT molecular complexity index is 623. The molecule has 116 valence electrons. The Balaban J connectivity index is 2.03. The number of rotatable bonds is 4. The van der Waals surface area contributed by atoms with E-state index >= 15 is 0 Å². The molecule has 0 aliphatic carbocycles. The molecule has 0 spiro atoms. The number of methoxy groups -OCH3 is 1. The van der Waals surface area contributed by atoms with Crippen LogP contribution in [0.25, 0.3) is 0 Å². The molecular formula is C18H23N3O. The summed E-state index contributed by atoms with van der Waals surface area (Å²) in [6, 6.07) is 12.7. The Morgan fingerprint density at radius 2 is 2.00 bits per heavy atom. The lowest BCUT2D eigenvalue weighted by Crippen LogP contribution is -2.45. The molecule has 0 saturated carbocycles. The number of ether oxygens (including phenoxy) is 1. The van der Waals surface area contributed by atoms with Crippen molar-refractivity contribution in [2.75, 3.05) is 33.3 Å². The van der Waals surface area contributed by atoms with Gasteiger partial charge in [0.1, 0.15) is 5.75 Å². The molecule has 2 aromatic rings. The molecule has 1 aliphatic rings. The lowest BCUT2D eigenvalue weighted by Gasteiger charge is -2.35. The number of pyridine rings is 1. The average molecular weight is 297 g/mol. The summed E-state index contributed by atoms with van der Waals surface area (Å²) in [5, 5.41) is 3.42. The first-order chi connectivity index (χ1) is 10.8. The van der Waals surface area contributed by atoms with Gasteiger partial charge in [0.05, 0.1) is 18.8 Å². The van der Waals surface area contributed by atoms with Crippen molar-refractivity contribution in [3.8, 4) is 5.75 Å². The molecule has 1 fully saturated rings. The van der Waals surface area contributed by atoms with Gasteiger partial charge < -0.3 is 10.1 Å². The molecular weight excluding hydrogens is 274 g/mol. The summed E-state index contributed by atoms with van der Waals surface area (Å²) in [6.07, 6.45) is 1.89. The third-order valence-corrected chi connectivity index (χ3v) is 4.24. The van der Waals surface area contributed by atoms with E-state index < -0.39 is 0 Å². The molecule has 1 saturated heterocycles. The zero-order valence-corrected chi connectivity index (χ0v) is 13.2. The van der Waals surface area contributed by atoms with E-state index in [9.17, 15) is 0 Å². The summed E-state index contributed by atoms with van der Waals surface area (Å²) in [4.78, 5) is 7.18. The number of hydrogen-bond donors (Lipinski definition) is 1. The van der Waals surface area contributed by atoms with Gasteiger partial charge in [-0.3, -0.25) is 9.88 Å². The third-order valence-electron chi connectivity index (χ3n) is 4.24. The van der Waals surface area contributed by atoms with Crippen LogP contribution in [0.2, 0.25) is 0 Å². The number of benzene rings is 1. The Kier molecular flexibility index (Phi) is 4.71. The second-order valence-corrected chi connectivity index (χ2v) is 5.67. The van der Waals surface area contributed by atoms with Gasteiger partial charge in [0, 0.05) is 32.4 Å². The summed E-state index contributed by atoms with van der Waals surface area (Å²) >= 11 is 0. The fourth-order valence-electron chi connectivity index (χ4n) is 3.08. The van der Waals surface area contributed by atoms with Crippen LogP contribution < -0.4 is 10.1 Å². The number of nitrogens with one attached hydrogen (secondary N) is 1. The van der Waals surface area contributed by atoms with Gasteiger partial charge in [0.2, 0.25) is 0 Å². The second kappa shape index (κ2) is 6.90. The topological polar surface area (TPSA) is 37.4 Å². The molecule has 1 aromatic heterocycles. The molecule has 1 aliphatic heterocycles. The van der Waals surface area contributed by atoms with E-state index in [2.05, 4.69) is 46.4 Å². The molecule has 3 rings (SSSR count). The van der Waals surface area contributed by atoms with Crippen LogP contribution in [0.15, 0.2) is 42.6 Å². The first-order valence-electron chi connectivity index (χ1n) is 7.80. The van der Waals surface area contributed by atoms with E-state index in [-0.39, 0.29) is 6.04 Å². The molecule has 1 atom stereocenters. The van der Waals surface area contributed by atoms with E-state index in [0.717, 1.165) is 37.6 Å². The normalized spacial score (nSPS) is 17.2. The number of aryl methyl sites for hydroxylation is 1. The number of piperazine rings is 1. The van der Waals surface area contributed by atoms with Gasteiger partial charge >= 0.3 is 0 Å². The number of nitrogens with zero attached hydrogens (tertiary/aromatic N) is 2. The van der Waals surface area contributed by atoms with Gasteiger partial charge in [0.25, 0.3) is 0 Å². The minimum absolute atomic E-state index is 0.179. The van der Waals surface area contributed by atoms with Crippen molar-refractivity contribution in [3.05, 3.63) is 59.4 Å². The first-order valence-corrected chi connectivity index (χ1v) is 7.80. The van der Waals surface area contributed by atoms with E-state index in [4.69, 9.17) is 4.74 Å². The smallest absolute Gasteiger partial charge is 0.119 e. The van der Waals surface area contributed by atoms with Gasteiger partial charge in [0.15, 0.2) is 0 Å². The molecule has 0 amide bonds. The number of hydrogen-bond acceptors (Lipinski definition) is 4. The summed E-state index contributed by atoms with van der Waals surface area (Å²) in [5.74, 6) is 0.895. The molecule has 1 N–H and O–H groups in total. The third kappa shape index (κ3) is 3.13. The first kappa shape index (κ1) is 15.0. The molecule has 1 aromatic carbocycles. The van der Waals surface area contributed by atoms with Crippen molar-refractivity contribution in [2.24, 2.45) is 0 Å². The monoisotopic (exact) mass is 297 g/mol. The van der Waals surface area contributed by atoms with Crippen LogP contribution in [0.3, 0.4) is 0 Å². The van der Waals surface area contributed by atoms with Crippen LogP contribution in [-0.2, 0) is 0 Å². The van der Waals surface area contributed by atoms with Gasteiger partial charge in [-0.1, -0.05) is 18.2 Å². The van der Waals surface area contributed by atoms with Crippen molar-refractivity contribution in [2.45, 2.75) is 13.0 Å². The molecule has 0 radical (unpaired) electrons. The summed E-state index contributed by atoms with van der Waals surface area (Å²) in [6.45, 7) is 6.23. The van der Waals surface area contributed by atoms with E-state index in [1.165, 1.54) is 11.1 Å². The lowest BCUT2D eigenvalue weighted by molar-refractivity contribution is 0.195. The SMILES string of the molecule is COc1cccc(C(c2ncccc2C)N2CCNCC2)c1. The highest BCUT2D eigenvalue weighted by atomic mass is 16.5. The average Bonchev–Trinajstić information content (AvgIpc) is 2.58. The quantitative estimate of drug-likeness (QED) is 0.940. The van der Waals surface area contributed by atoms with Crippen LogP contribution in [0.4, 0.5) is 0 Å². The Labute approximate surface area is 132 Å². The van der Waals surface area contributed by atoms with E-state index in [1.54, 1.807) is 7.11 Å². The maximum atomic E-state index is 5.41. The fourth-order valence-corrected chi connectivity index (χ4v) is 3.08. The Hall–Kier alpha value is -1.91. The van der Waals surface area contributed by atoms with Crippen molar-refractivity contribution in [1.82, 2.24) is 15.2 Å². The standard InChI is InChI=1S/C18H23N3O/c1-14-5-4-8-20-17(14)18(21-11-9-19-10-12-21)15-6-3-7-16(13-15)22-2/h3-8,13,18-19H,9-12H2,1-2H3. The van der Waals surface area contributed by atoms with Crippen LogP contribution in [0, 0.1) is 6.92 Å². The van der Waals surface area contributed by atoms with Gasteiger partial charge in [-0.2, -0.15) is 0 Å². The maximum absolute atomic E-state index is 5.41. The predicted molar refractivity (Wildman–Crippen MR) is 88.3 cm³/mol. The Morgan fingerprint density at radius 3 is 2.73 bits per heavy atom. The molecule has 0 bridgehead atoms. The second-order valence-electron chi connectivity index (χ2n) is 5.67. The molecule has 4 heteroatoms. The molecule has 2 heterocycles. The zero-order chi connectivity index (χ0) is 15.4. The van der Waals surface area contributed by atoms with Crippen LogP contribution >= 0.6 is 0 Å². The van der Waals surface area contributed by atoms with Crippen molar-refractivity contribution >= 4 is 0 Å². The van der Waals surface area contributed by atoms with E-state index in [0.29, 0.717) is 0 Å². The van der Waals surface area contributed by atoms with E-state index in [1.807, 2.05) is 18.3 Å². The van der Waals surface area contributed by atoms with Crippen LogP contribution in [-0.4, -0.2) is 43.2 Å². The van der Waals surface area contributed by atoms with Crippen molar-refractivity contribution in [1.29, 1.82) is 0 Å². The Morgan fingerprint density at radius 1 is 1.18 bits per heavy atom. The van der Waals surface area contributed by atoms with Gasteiger partial charge in [-0.25, -0.2) is 0 Å². The highest BCUT2D eigenvalue weighted by molar-refractivity contribution is 5.37. The molecule has 4 nitrogen and oxygen atoms in total. The predicted octanol–water partition coefficient (Wildman–Crippen LogP) is 2.39. The highest BCUT2D eigenvalue weighted by Crippen LogP contribution is 2.31. The van der Waals surface area contributed by atoms with Crippen molar-refractivity contribution in [3.63, 3.8) is 0 Å². The van der Waals surface area contributed by atoms with Gasteiger partial charge in [-0.05, 0) is 36.2 Å². The largest absolute Gasteiger partial charge is 0.497 e. The maximum Gasteiger partial charge on any atom is 0.119 e. The van der Waals surface area contributed by atoms with Crippen molar-refractivity contribution < 1.29 is 4.74 Å². The lowest BCUT2D eigenvalue weighted by atomic mass is 9.97. The molecule has 1 unspecified atom stereocenters. The minimum Gasteiger partial charge on any atom is -0.497 e. The number of aromatic nitrogens is 1. The van der Waals surface area contributed by atoms with Crippen LogP contribution in [0.5, 0.6) is 5.75 Å². The molecule has 22 heavy (non-hydrogen) atoms. The fraction of sp³-hybridized carbons (Fsp3) is 0.389. The minimum atomic E-state index is 0.179. The summed E-state index contributed by atoms with van der Waals surface area (Å²) in [7, 11) is 1.71. The summed E-state index contributed by atoms with van der Waals surface area (Å²) in [5.41, 5.74) is 3.61. The van der Waals surface area contributed by atoms with Crippen LogP contribution in [0.1, 0.15) is 22.9 Å². The van der Waals surface area contributed by atoms with Gasteiger partial charge in [-0.15, -0.1) is 0 Å². The zero-order valence-electron chi connectivity index (χ0n) is 13.2.